The zero-order valence-corrected chi connectivity index (χ0v) is 21.9. The smallest absolute Gasteiger partial charge is 0.324 e. The van der Waals surface area contributed by atoms with Crippen LogP contribution in [0.4, 0.5) is 16.3 Å². The van der Waals surface area contributed by atoms with Gasteiger partial charge in [-0.2, -0.15) is 0 Å². The number of aromatic nitrogens is 1. The summed E-state index contributed by atoms with van der Waals surface area (Å²) in [5.41, 5.74) is 1.70. The number of nitrogens with one attached hydrogen (secondary N) is 2. The van der Waals surface area contributed by atoms with E-state index >= 15 is 0 Å². The van der Waals surface area contributed by atoms with E-state index in [2.05, 4.69) is 20.5 Å². The van der Waals surface area contributed by atoms with E-state index in [0.717, 1.165) is 34.4 Å². The molecular weight excluding hydrogens is 500 g/mol. The zero-order chi connectivity index (χ0) is 26.2. The number of anilines is 2. The molecule has 196 valence electrons. The van der Waals surface area contributed by atoms with Gasteiger partial charge in [-0.1, -0.05) is 54.4 Å². The van der Waals surface area contributed by atoms with Crippen molar-refractivity contribution in [1.82, 2.24) is 9.88 Å². The van der Waals surface area contributed by atoms with Crippen LogP contribution in [0.3, 0.4) is 0 Å². The number of nitrogens with zero attached hydrogens (tertiary/aromatic N) is 2. The molecule has 8 heteroatoms. The quantitative estimate of drug-likeness (QED) is 0.244. The fourth-order valence-electron chi connectivity index (χ4n) is 4.56. The van der Waals surface area contributed by atoms with Crippen LogP contribution in [0.1, 0.15) is 24.8 Å². The first-order valence-electron chi connectivity index (χ1n) is 12.9. The van der Waals surface area contributed by atoms with Gasteiger partial charge in [0.05, 0.1) is 10.7 Å². The molecule has 0 aliphatic carbocycles. The molecular formula is C30H31ClN4O3. The van der Waals surface area contributed by atoms with E-state index in [4.69, 9.17) is 21.1 Å². The Morgan fingerprint density at radius 2 is 1.66 bits per heavy atom. The van der Waals surface area contributed by atoms with Crippen molar-refractivity contribution in [2.45, 2.75) is 25.9 Å². The van der Waals surface area contributed by atoms with Crippen LogP contribution in [0.25, 0.3) is 10.8 Å². The first-order chi connectivity index (χ1) is 18.7. The molecule has 7 nitrogen and oxygen atoms in total. The first-order valence-corrected chi connectivity index (χ1v) is 13.3. The standard InChI is InChI=1S/C30H31ClN4O3/c31-26-9-6-16-32-29(26)34-30(36)33-27-14-15-28(25-8-3-2-7-24(25)27)38-21-22-10-12-23(13-11-22)37-20-19-35-17-4-1-5-18-35/h2-3,6-16H,1,4-5,17-21H2,(H2,32,33,34,36). The van der Waals surface area contributed by atoms with Crippen LogP contribution in [0.2, 0.25) is 5.02 Å². The molecule has 1 fully saturated rings. The Labute approximate surface area is 227 Å². The molecule has 0 spiro atoms. The SMILES string of the molecule is O=C(Nc1ncccc1Cl)Nc1ccc(OCc2ccc(OCCN3CCCCC3)cc2)c2ccccc12. The lowest BCUT2D eigenvalue weighted by Crippen LogP contribution is -2.33. The second-order valence-corrected chi connectivity index (χ2v) is 9.66. The van der Waals surface area contributed by atoms with Crippen LogP contribution < -0.4 is 20.1 Å². The lowest BCUT2D eigenvalue weighted by atomic mass is 10.1. The molecule has 5 rings (SSSR count). The fourth-order valence-corrected chi connectivity index (χ4v) is 4.73. The van der Waals surface area contributed by atoms with Crippen LogP contribution in [0, 0.1) is 0 Å². The number of halogens is 1. The number of pyridine rings is 1. The van der Waals surface area contributed by atoms with Gasteiger partial charge < -0.3 is 14.8 Å². The largest absolute Gasteiger partial charge is 0.492 e. The monoisotopic (exact) mass is 530 g/mol. The first kappa shape index (κ1) is 25.8. The van der Waals surface area contributed by atoms with Crippen molar-refractivity contribution in [2.75, 3.05) is 36.9 Å². The van der Waals surface area contributed by atoms with Gasteiger partial charge in [-0.05, 0) is 67.9 Å². The maximum atomic E-state index is 12.6. The summed E-state index contributed by atoms with van der Waals surface area (Å²) in [5.74, 6) is 1.91. The van der Waals surface area contributed by atoms with Gasteiger partial charge in [0.1, 0.15) is 24.7 Å². The van der Waals surface area contributed by atoms with Gasteiger partial charge in [0.25, 0.3) is 0 Å². The van der Waals surface area contributed by atoms with Crippen molar-refractivity contribution < 1.29 is 14.3 Å². The topological polar surface area (TPSA) is 75.7 Å². The number of carbonyl (C=O) groups excluding carboxylic acids is 1. The lowest BCUT2D eigenvalue weighted by Gasteiger charge is -2.26. The average molecular weight is 531 g/mol. The number of rotatable bonds is 9. The minimum Gasteiger partial charge on any atom is -0.492 e. The number of carbonyl (C=O) groups is 1. The molecule has 0 unspecified atom stereocenters. The molecule has 38 heavy (non-hydrogen) atoms. The number of hydrogen-bond acceptors (Lipinski definition) is 5. The maximum Gasteiger partial charge on any atom is 0.324 e. The van der Waals surface area contributed by atoms with E-state index in [1.807, 2.05) is 60.7 Å². The molecule has 2 N–H and O–H groups in total. The number of hydrogen-bond donors (Lipinski definition) is 2. The van der Waals surface area contributed by atoms with E-state index in [1.54, 1.807) is 18.3 Å². The highest BCUT2D eigenvalue weighted by Crippen LogP contribution is 2.32. The van der Waals surface area contributed by atoms with Gasteiger partial charge in [-0.15, -0.1) is 0 Å². The minimum absolute atomic E-state index is 0.300. The van der Waals surface area contributed by atoms with Crippen LogP contribution >= 0.6 is 11.6 Å². The summed E-state index contributed by atoms with van der Waals surface area (Å²) < 4.78 is 12.1. The summed E-state index contributed by atoms with van der Waals surface area (Å²) in [7, 11) is 0. The molecule has 4 aromatic rings. The number of urea groups is 1. The highest BCUT2D eigenvalue weighted by atomic mass is 35.5. The van der Waals surface area contributed by atoms with Crippen molar-refractivity contribution in [3.05, 3.63) is 89.6 Å². The fraction of sp³-hybridized carbons (Fsp3) is 0.267. The Morgan fingerprint density at radius 1 is 0.868 bits per heavy atom. The molecule has 2 amide bonds. The van der Waals surface area contributed by atoms with Crippen LogP contribution in [0.5, 0.6) is 11.5 Å². The van der Waals surface area contributed by atoms with Gasteiger partial charge in [0.15, 0.2) is 5.82 Å². The molecule has 1 saturated heterocycles. The Bertz CT molecular complexity index is 1370. The summed E-state index contributed by atoms with van der Waals surface area (Å²) in [6.45, 7) is 4.46. The highest BCUT2D eigenvalue weighted by Gasteiger charge is 2.12. The molecule has 3 aromatic carbocycles. The predicted molar refractivity (Wildman–Crippen MR) is 152 cm³/mol. The molecule has 1 aromatic heterocycles. The number of likely N-dealkylation sites (tertiary alicyclic amines) is 1. The van der Waals surface area contributed by atoms with Gasteiger partial charge in [0.2, 0.25) is 0 Å². The molecule has 1 aliphatic rings. The Hall–Kier alpha value is -3.81. The van der Waals surface area contributed by atoms with E-state index in [-0.39, 0.29) is 0 Å². The molecule has 1 aliphatic heterocycles. The predicted octanol–water partition coefficient (Wildman–Crippen LogP) is 6.98. The molecule has 0 saturated carbocycles. The Kier molecular flexibility index (Phi) is 8.58. The molecule has 0 radical (unpaired) electrons. The third kappa shape index (κ3) is 6.73. The van der Waals surface area contributed by atoms with Crippen LogP contribution in [-0.2, 0) is 6.61 Å². The number of piperidine rings is 1. The second kappa shape index (κ2) is 12.6. The molecule has 0 bridgehead atoms. The van der Waals surface area contributed by atoms with Gasteiger partial charge >= 0.3 is 6.03 Å². The normalized spacial score (nSPS) is 13.7. The maximum absolute atomic E-state index is 12.6. The lowest BCUT2D eigenvalue weighted by molar-refractivity contribution is 0.183. The number of ether oxygens (including phenoxy) is 2. The highest BCUT2D eigenvalue weighted by molar-refractivity contribution is 6.33. The zero-order valence-electron chi connectivity index (χ0n) is 21.2. The summed E-state index contributed by atoms with van der Waals surface area (Å²) in [6, 6.07) is 22.5. The number of benzene rings is 3. The molecule has 0 atom stereocenters. The number of amides is 2. The van der Waals surface area contributed by atoms with Gasteiger partial charge in [-0.3, -0.25) is 10.2 Å². The van der Waals surface area contributed by atoms with E-state index < -0.39 is 6.03 Å². The van der Waals surface area contributed by atoms with Crippen molar-refractivity contribution in [3.8, 4) is 11.5 Å². The van der Waals surface area contributed by atoms with Crippen molar-refractivity contribution >= 4 is 39.9 Å². The van der Waals surface area contributed by atoms with E-state index in [9.17, 15) is 4.79 Å². The third-order valence-electron chi connectivity index (χ3n) is 6.57. The van der Waals surface area contributed by atoms with Crippen molar-refractivity contribution in [1.29, 1.82) is 0 Å². The summed E-state index contributed by atoms with van der Waals surface area (Å²) in [4.78, 5) is 19.1. The van der Waals surface area contributed by atoms with Gasteiger partial charge in [0, 0.05) is 23.5 Å². The summed E-state index contributed by atoms with van der Waals surface area (Å²) in [6.07, 6.45) is 5.50. The summed E-state index contributed by atoms with van der Waals surface area (Å²) in [5, 5.41) is 7.70. The Morgan fingerprint density at radius 3 is 2.45 bits per heavy atom. The third-order valence-corrected chi connectivity index (χ3v) is 6.87. The average Bonchev–Trinajstić information content (AvgIpc) is 2.95. The minimum atomic E-state index is -0.428. The van der Waals surface area contributed by atoms with Gasteiger partial charge in [-0.25, -0.2) is 9.78 Å². The molecule has 2 heterocycles. The van der Waals surface area contributed by atoms with Crippen LogP contribution in [-0.4, -0.2) is 42.2 Å². The number of fused-ring (bicyclic) bond motifs is 1. The second-order valence-electron chi connectivity index (χ2n) is 9.25. The van der Waals surface area contributed by atoms with Crippen molar-refractivity contribution in [2.24, 2.45) is 0 Å². The van der Waals surface area contributed by atoms with E-state index in [1.165, 1.54) is 32.4 Å². The van der Waals surface area contributed by atoms with Crippen molar-refractivity contribution in [3.63, 3.8) is 0 Å². The summed E-state index contributed by atoms with van der Waals surface area (Å²) >= 11 is 6.10. The Balaban J connectivity index is 1.18. The van der Waals surface area contributed by atoms with Crippen LogP contribution in [0.15, 0.2) is 79.0 Å². The van der Waals surface area contributed by atoms with E-state index in [0.29, 0.717) is 29.7 Å².